The second kappa shape index (κ2) is 9.45. The van der Waals surface area contributed by atoms with Crippen molar-refractivity contribution in [2.75, 3.05) is 0 Å². The van der Waals surface area contributed by atoms with E-state index < -0.39 is 68.8 Å². The summed E-state index contributed by atoms with van der Waals surface area (Å²) < 4.78 is 5.32. The van der Waals surface area contributed by atoms with Crippen molar-refractivity contribution in [3.05, 3.63) is 11.6 Å². The summed E-state index contributed by atoms with van der Waals surface area (Å²) in [5, 5.41) is 45.0. The van der Waals surface area contributed by atoms with Gasteiger partial charge in [0.2, 0.25) is 0 Å². The zero-order valence-corrected chi connectivity index (χ0v) is 25.7. The van der Waals surface area contributed by atoms with Crippen molar-refractivity contribution in [3.8, 4) is 0 Å². The summed E-state index contributed by atoms with van der Waals surface area (Å²) in [5.74, 6) is -2.15. The van der Waals surface area contributed by atoms with E-state index in [1.54, 1.807) is 13.8 Å². The minimum absolute atomic E-state index is 0.0193. The highest BCUT2D eigenvalue weighted by Gasteiger charge is 2.74. The van der Waals surface area contributed by atoms with Crippen LogP contribution in [0.2, 0.25) is 0 Å². The normalized spacial score (nSPS) is 44.0. The predicted molar refractivity (Wildman–Crippen MR) is 149 cm³/mol. The van der Waals surface area contributed by atoms with Crippen LogP contribution in [0.25, 0.3) is 0 Å². The Labute approximate surface area is 238 Å². The first-order valence-electron chi connectivity index (χ1n) is 14.8. The van der Waals surface area contributed by atoms with Crippen LogP contribution < -0.4 is 0 Å². The van der Waals surface area contributed by atoms with E-state index in [9.17, 15) is 34.8 Å². The summed E-state index contributed by atoms with van der Waals surface area (Å²) in [7, 11) is 0. The van der Waals surface area contributed by atoms with Crippen molar-refractivity contribution in [1.82, 2.24) is 0 Å². The molecule has 0 amide bonds. The molecule has 0 saturated heterocycles. The molecule has 4 rings (SSSR count). The largest absolute Gasteiger partial charge is 0.460 e. The van der Waals surface area contributed by atoms with Crippen LogP contribution in [0.5, 0.6) is 0 Å². The van der Waals surface area contributed by atoms with Gasteiger partial charge in [-0.15, -0.1) is 0 Å². The number of carbonyl (C=O) groups is 3. The van der Waals surface area contributed by atoms with Crippen molar-refractivity contribution in [2.45, 2.75) is 130 Å². The molecule has 3 saturated carbocycles. The monoisotopic (exact) mass is 562 g/mol. The Hall–Kier alpha value is -1.61. The number of ketones is 2. The predicted octanol–water partition coefficient (Wildman–Crippen LogP) is 3.52. The molecule has 8 nitrogen and oxygen atoms in total. The Morgan fingerprint density at radius 3 is 2.20 bits per heavy atom. The van der Waals surface area contributed by atoms with Crippen molar-refractivity contribution < 1.29 is 39.5 Å². The molecule has 0 aromatic carbocycles. The van der Waals surface area contributed by atoms with Crippen LogP contribution in [-0.4, -0.2) is 67.5 Å². The lowest BCUT2D eigenvalue weighted by molar-refractivity contribution is -0.188. The number of esters is 1. The van der Waals surface area contributed by atoms with Gasteiger partial charge < -0.3 is 25.2 Å². The summed E-state index contributed by atoms with van der Waals surface area (Å²) >= 11 is 0. The molecule has 10 atom stereocenters. The SMILES string of the molecule is CC(=O)OC(C)(C)CCC(=O)[C@](C)(O)[C@H]1[C@H](O)C[C@@]2(C)[C@@H]3CC=C4[C@@H](C[C@@H](O)[C@H](O)C4(C)C)[C@]3(C)C(=O)C[C@]12C. The Bertz CT molecular complexity index is 1120. The first-order valence-corrected chi connectivity index (χ1v) is 14.8. The van der Waals surface area contributed by atoms with E-state index >= 15 is 0 Å². The molecule has 0 aromatic heterocycles. The minimum Gasteiger partial charge on any atom is -0.460 e. The smallest absolute Gasteiger partial charge is 0.303 e. The number of Topliss-reactive ketones (excluding diaryl/α,β-unsaturated/α-hetero) is 2. The minimum atomic E-state index is -1.89. The Balaban J connectivity index is 1.70. The van der Waals surface area contributed by atoms with Gasteiger partial charge in [0.15, 0.2) is 5.78 Å². The van der Waals surface area contributed by atoms with Gasteiger partial charge >= 0.3 is 5.97 Å². The maximum atomic E-state index is 14.3. The number of hydrogen-bond donors (Lipinski definition) is 4. The third kappa shape index (κ3) is 4.26. The maximum absolute atomic E-state index is 14.3. The number of hydrogen-bond acceptors (Lipinski definition) is 8. The van der Waals surface area contributed by atoms with E-state index in [-0.39, 0.29) is 36.9 Å². The quantitative estimate of drug-likeness (QED) is 0.285. The zero-order valence-electron chi connectivity index (χ0n) is 25.7. The number of carbonyl (C=O) groups excluding carboxylic acids is 3. The van der Waals surface area contributed by atoms with Crippen LogP contribution in [0.3, 0.4) is 0 Å². The number of fused-ring (bicyclic) bond motifs is 5. The van der Waals surface area contributed by atoms with Crippen LogP contribution in [0.4, 0.5) is 0 Å². The molecular weight excluding hydrogens is 512 g/mol. The van der Waals surface area contributed by atoms with Gasteiger partial charge in [-0.25, -0.2) is 0 Å². The molecule has 0 heterocycles. The summed E-state index contributed by atoms with van der Waals surface area (Å²) in [4.78, 5) is 39.4. The summed E-state index contributed by atoms with van der Waals surface area (Å²) in [5.41, 5.74) is -4.68. The fraction of sp³-hybridized carbons (Fsp3) is 0.844. The molecule has 4 aliphatic carbocycles. The highest BCUT2D eigenvalue weighted by molar-refractivity contribution is 5.90. The lowest BCUT2D eigenvalue weighted by atomic mass is 9.38. The second-order valence-corrected chi connectivity index (χ2v) is 15.4. The van der Waals surface area contributed by atoms with Gasteiger partial charge in [-0.3, -0.25) is 14.4 Å². The van der Waals surface area contributed by atoms with Crippen molar-refractivity contribution >= 4 is 17.5 Å². The van der Waals surface area contributed by atoms with Gasteiger partial charge in [0.1, 0.15) is 17.0 Å². The van der Waals surface area contributed by atoms with E-state index in [1.807, 2.05) is 27.7 Å². The van der Waals surface area contributed by atoms with Gasteiger partial charge in [-0.1, -0.05) is 46.3 Å². The van der Waals surface area contributed by atoms with Crippen molar-refractivity contribution in [1.29, 1.82) is 0 Å². The first kappa shape index (κ1) is 31.3. The fourth-order valence-electron chi connectivity index (χ4n) is 9.83. The van der Waals surface area contributed by atoms with Crippen molar-refractivity contribution in [3.63, 3.8) is 0 Å². The van der Waals surface area contributed by atoms with Crippen LogP contribution in [0, 0.1) is 39.4 Å². The van der Waals surface area contributed by atoms with Crippen molar-refractivity contribution in [2.24, 2.45) is 39.4 Å². The average molecular weight is 563 g/mol. The first-order chi connectivity index (χ1) is 18.1. The van der Waals surface area contributed by atoms with Gasteiger partial charge in [0.25, 0.3) is 0 Å². The summed E-state index contributed by atoms with van der Waals surface area (Å²) in [6, 6.07) is 0. The van der Waals surface area contributed by atoms with E-state index in [1.165, 1.54) is 13.8 Å². The van der Waals surface area contributed by atoms with E-state index in [0.29, 0.717) is 19.3 Å². The van der Waals surface area contributed by atoms with Gasteiger partial charge in [-0.2, -0.15) is 0 Å². The number of aliphatic hydroxyl groups is 4. The summed E-state index contributed by atoms with van der Waals surface area (Å²) in [6.07, 6.45) is 0.776. The number of allylic oxidation sites excluding steroid dienone is 1. The average Bonchev–Trinajstić information content (AvgIpc) is 3.01. The number of rotatable bonds is 6. The third-order valence-corrected chi connectivity index (χ3v) is 12.2. The van der Waals surface area contributed by atoms with Gasteiger partial charge in [-0.05, 0) is 69.1 Å². The topological polar surface area (TPSA) is 141 Å². The zero-order chi connectivity index (χ0) is 30.4. The Morgan fingerprint density at radius 2 is 1.62 bits per heavy atom. The highest BCUT2D eigenvalue weighted by atomic mass is 16.6. The number of aliphatic hydroxyl groups excluding tert-OH is 3. The molecule has 8 heteroatoms. The van der Waals surface area contributed by atoms with E-state index in [0.717, 1.165) is 5.57 Å². The molecule has 4 aliphatic rings. The number of ether oxygens (including phenoxy) is 1. The molecule has 0 bridgehead atoms. The van der Waals surface area contributed by atoms with Crippen LogP contribution in [0.15, 0.2) is 11.6 Å². The van der Waals surface area contributed by atoms with Gasteiger partial charge in [0.05, 0.1) is 18.3 Å². The molecule has 0 aliphatic heterocycles. The van der Waals surface area contributed by atoms with Crippen LogP contribution >= 0.6 is 0 Å². The Kier molecular flexibility index (Phi) is 7.40. The highest BCUT2D eigenvalue weighted by Crippen LogP contribution is 2.74. The lowest BCUT2D eigenvalue weighted by Gasteiger charge is -2.65. The summed E-state index contributed by atoms with van der Waals surface area (Å²) in [6.45, 7) is 16.1. The molecule has 0 spiro atoms. The second-order valence-electron chi connectivity index (χ2n) is 15.4. The molecule has 0 unspecified atom stereocenters. The fourth-order valence-corrected chi connectivity index (χ4v) is 9.83. The van der Waals surface area contributed by atoms with Gasteiger partial charge in [0, 0.05) is 36.5 Å². The molecule has 3 fully saturated rings. The van der Waals surface area contributed by atoms with Crippen LogP contribution in [-0.2, 0) is 19.1 Å². The molecule has 226 valence electrons. The molecule has 4 N–H and O–H groups in total. The van der Waals surface area contributed by atoms with E-state index in [2.05, 4.69) is 13.0 Å². The maximum Gasteiger partial charge on any atom is 0.303 e. The van der Waals surface area contributed by atoms with Crippen LogP contribution in [0.1, 0.15) is 101 Å². The third-order valence-electron chi connectivity index (χ3n) is 12.2. The molecule has 40 heavy (non-hydrogen) atoms. The Morgan fingerprint density at radius 1 is 1.02 bits per heavy atom. The van der Waals surface area contributed by atoms with E-state index in [4.69, 9.17) is 4.74 Å². The molecule has 0 radical (unpaired) electrons. The lowest BCUT2D eigenvalue weighted by Crippen LogP contribution is -2.65. The standard InChI is InChI=1S/C32H50O8/c1-17(33)40-27(2,3)13-12-23(36)32(9,39)25-21(35)15-29(6)22-11-10-18-19(14-20(34)26(38)28(18,4)5)31(22,8)24(37)16-30(25,29)7/h10,19-22,25-26,34-35,38-39H,11-16H2,1-9H3/t19-,20-,21-,22+,25+,26+,29+,30-,31+,32+/m1/s1. The molecular formula is C32H50O8. The molecule has 0 aromatic rings.